The summed E-state index contributed by atoms with van der Waals surface area (Å²) in [7, 11) is 0. The van der Waals surface area contributed by atoms with Crippen LogP contribution in [0.1, 0.15) is 11.3 Å². The van der Waals surface area contributed by atoms with Crippen LogP contribution in [-0.2, 0) is 29.1 Å². The molecule has 0 saturated carbocycles. The summed E-state index contributed by atoms with van der Waals surface area (Å²) >= 11 is 0. The molecule has 0 aliphatic rings. The predicted molar refractivity (Wildman–Crippen MR) is 143 cm³/mol. The van der Waals surface area contributed by atoms with Gasteiger partial charge in [-0.15, -0.1) is 0 Å². The smallest absolute Gasteiger partial charge is 0.336 e. The summed E-state index contributed by atoms with van der Waals surface area (Å²) in [4.78, 5) is 51.9. The number of nitrogens with one attached hydrogen (secondary N) is 2. The second-order valence-corrected chi connectivity index (χ2v) is 8.64. The van der Waals surface area contributed by atoms with Gasteiger partial charge in [0, 0.05) is 5.69 Å². The number of rotatable bonds is 8. The number of para-hydroxylation sites is 2. The molecule has 0 radical (unpaired) electrons. The molecule has 9 heteroatoms. The summed E-state index contributed by atoms with van der Waals surface area (Å²) in [5, 5.41) is 5.86. The first kappa shape index (κ1) is 24.5. The van der Waals surface area contributed by atoms with Gasteiger partial charge in [0.2, 0.25) is 11.8 Å². The van der Waals surface area contributed by atoms with E-state index in [4.69, 9.17) is 4.42 Å². The number of aromatic nitrogens is 2. The number of carbonyl (C=O) groups is 2. The monoisotopic (exact) mass is 508 g/mol. The van der Waals surface area contributed by atoms with Gasteiger partial charge in [-0.3, -0.25) is 19.0 Å². The molecule has 3 aromatic carbocycles. The second kappa shape index (κ2) is 10.8. The van der Waals surface area contributed by atoms with Crippen LogP contribution in [0.4, 0.5) is 5.69 Å². The van der Waals surface area contributed by atoms with E-state index in [-0.39, 0.29) is 25.4 Å². The Morgan fingerprint density at radius 2 is 1.53 bits per heavy atom. The van der Waals surface area contributed by atoms with Crippen molar-refractivity contribution in [1.82, 2.24) is 14.5 Å². The van der Waals surface area contributed by atoms with E-state index in [0.29, 0.717) is 33.6 Å². The Labute approximate surface area is 217 Å². The number of hydrogen-bond donors (Lipinski definition) is 2. The third-order valence-electron chi connectivity index (χ3n) is 6.01. The highest BCUT2D eigenvalue weighted by Crippen LogP contribution is 2.13. The molecule has 38 heavy (non-hydrogen) atoms. The molecule has 9 nitrogen and oxygen atoms in total. The first-order valence-corrected chi connectivity index (χ1v) is 12.0. The summed E-state index contributed by atoms with van der Waals surface area (Å²) in [6, 6.07) is 25.7. The molecule has 0 aliphatic heterocycles. The number of fused-ring (bicyclic) bond motifs is 1. The molecule has 2 N–H and O–H groups in total. The minimum Gasteiger partial charge on any atom is -0.467 e. The van der Waals surface area contributed by atoms with Crippen molar-refractivity contribution in [2.24, 2.45) is 0 Å². The van der Waals surface area contributed by atoms with Crippen LogP contribution in [0.2, 0.25) is 0 Å². The molecule has 0 fully saturated rings. The van der Waals surface area contributed by atoms with Gasteiger partial charge in [-0.25, -0.2) is 9.36 Å². The number of furan rings is 1. The van der Waals surface area contributed by atoms with E-state index < -0.39 is 17.2 Å². The number of benzene rings is 3. The Balaban J connectivity index is 1.41. The fraction of sp³-hybridized carbons (Fsp3) is 0.103. The summed E-state index contributed by atoms with van der Waals surface area (Å²) in [5.74, 6) is 0.0615. The first-order valence-electron chi connectivity index (χ1n) is 12.0. The van der Waals surface area contributed by atoms with Crippen LogP contribution in [0.3, 0.4) is 0 Å². The molecule has 0 bridgehead atoms. The summed E-state index contributed by atoms with van der Waals surface area (Å²) < 4.78 is 7.53. The van der Waals surface area contributed by atoms with Gasteiger partial charge in [0.15, 0.2) is 0 Å². The Morgan fingerprint density at radius 3 is 2.26 bits per heavy atom. The van der Waals surface area contributed by atoms with Crippen LogP contribution in [0.15, 0.2) is 111 Å². The van der Waals surface area contributed by atoms with Gasteiger partial charge in [0.25, 0.3) is 5.56 Å². The molecule has 0 saturated heterocycles. The van der Waals surface area contributed by atoms with Crippen molar-refractivity contribution in [3.05, 3.63) is 129 Å². The van der Waals surface area contributed by atoms with E-state index in [0.717, 1.165) is 4.57 Å². The lowest BCUT2D eigenvalue weighted by Gasteiger charge is -2.14. The van der Waals surface area contributed by atoms with Gasteiger partial charge in [-0.1, -0.05) is 42.5 Å². The number of amides is 2. The normalized spacial score (nSPS) is 10.8. The Kier molecular flexibility index (Phi) is 6.99. The molecular weight excluding hydrogens is 484 g/mol. The molecule has 5 aromatic rings. The number of anilines is 1. The maximum atomic E-state index is 13.5. The lowest BCUT2D eigenvalue weighted by molar-refractivity contribution is -0.120. The predicted octanol–water partition coefficient (Wildman–Crippen LogP) is 3.24. The average Bonchev–Trinajstić information content (AvgIpc) is 3.45. The van der Waals surface area contributed by atoms with Crippen molar-refractivity contribution in [1.29, 1.82) is 0 Å². The zero-order valence-corrected chi connectivity index (χ0v) is 20.3. The third kappa shape index (κ3) is 5.31. The topological polar surface area (TPSA) is 115 Å². The highest BCUT2D eigenvalue weighted by Gasteiger charge is 2.17. The van der Waals surface area contributed by atoms with Crippen molar-refractivity contribution < 1.29 is 14.0 Å². The minimum atomic E-state index is -0.638. The Morgan fingerprint density at radius 1 is 0.789 bits per heavy atom. The molecule has 5 rings (SSSR count). The standard InChI is InChI=1S/C29H24N4O5/c34-26(30-18-23-9-6-16-38-23)17-20-12-14-22(15-13-20)33-28(36)24-10-4-5-11-25(24)32(29(33)37)19-27(35)31-21-7-2-1-3-8-21/h1-16H,17-19H2,(H,30,34)(H,31,35). The van der Waals surface area contributed by atoms with Gasteiger partial charge in [0.05, 0.1) is 35.8 Å². The first-order chi connectivity index (χ1) is 18.5. The zero-order chi connectivity index (χ0) is 26.5. The van der Waals surface area contributed by atoms with Crippen molar-refractivity contribution >= 4 is 28.4 Å². The SMILES string of the molecule is O=C(Cc1ccc(-n2c(=O)c3ccccc3n(CC(=O)Nc3ccccc3)c2=O)cc1)NCc1ccco1. The molecule has 0 spiro atoms. The van der Waals surface area contributed by atoms with Crippen LogP contribution in [0.5, 0.6) is 0 Å². The van der Waals surface area contributed by atoms with Crippen molar-refractivity contribution in [3.63, 3.8) is 0 Å². The summed E-state index contributed by atoms with van der Waals surface area (Å²) in [6.07, 6.45) is 1.66. The molecule has 2 heterocycles. The summed E-state index contributed by atoms with van der Waals surface area (Å²) in [6.45, 7) is 0.0102. The molecule has 0 atom stereocenters. The third-order valence-corrected chi connectivity index (χ3v) is 6.01. The van der Waals surface area contributed by atoms with E-state index >= 15 is 0 Å². The maximum absolute atomic E-state index is 13.5. The van der Waals surface area contributed by atoms with Crippen LogP contribution < -0.4 is 21.9 Å². The fourth-order valence-corrected chi connectivity index (χ4v) is 4.18. The van der Waals surface area contributed by atoms with E-state index in [1.807, 2.05) is 6.07 Å². The van der Waals surface area contributed by atoms with Crippen LogP contribution in [0, 0.1) is 0 Å². The molecular formula is C29H24N4O5. The highest BCUT2D eigenvalue weighted by molar-refractivity contribution is 5.91. The van der Waals surface area contributed by atoms with Crippen LogP contribution >= 0.6 is 0 Å². The largest absolute Gasteiger partial charge is 0.467 e. The van der Waals surface area contributed by atoms with E-state index in [1.54, 1.807) is 91.2 Å². The lowest BCUT2D eigenvalue weighted by atomic mass is 10.1. The van der Waals surface area contributed by atoms with Crippen LogP contribution in [0.25, 0.3) is 16.6 Å². The van der Waals surface area contributed by atoms with E-state index in [9.17, 15) is 19.2 Å². The van der Waals surface area contributed by atoms with Gasteiger partial charge < -0.3 is 15.1 Å². The number of nitrogens with zero attached hydrogens (tertiary/aromatic N) is 2. The zero-order valence-electron chi connectivity index (χ0n) is 20.3. The van der Waals surface area contributed by atoms with Gasteiger partial charge in [-0.2, -0.15) is 0 Å². The van der Waals surface area contributed by atoms with E-state index in [1.165, 1.54) is 4.57 Å². The summed E-state index contributed by atoms with van der Waals surface area (Å²) in [5.41, 5.74) is 0.888. The van der Waals surface area contributed by atoms with Crippen molar-refractivity contribution in [2.75, 3.05) is 5.32 Å². The van der Waals surface area contributed by atoms with Crippen molar-refractivity contribution in [3.8, 4) is 5.69 Å². The fourth-order valence-electron chi connectivity index (χ4n) is 4.18. The lowest BCUT2D eigenvalue weighted by Crippen LogP contribution is -2.40. The van der Waals surface area contributed by atoms with E-state index in [2.05, 4.69) is 10.6 Å². The van der Waals surface area contributed by atoms with Crippen molar-refractivity contribution in [2.45, 2.75) is 19.5 Å². The van der Waals surface area contributed by atoms with Gasteiger partial charge in [-0.05, 0) is 54.1 Å². The van der Waals surface area contributed by atoms with Gasteiger partial charge in [0.1, 0.15) is 12.3 Å². The second-order valence-electron chi connectivity index (χ2n) is 8.64. The Hall–Kier alpha value is -5.18. The molecule has 2 aromatic heterocycles. The Bertz CT molecular complexity index is 1700. The molecule has 0 unspecified atom stereocenters. The highest BCUT2D eigenvalue weighted by atomic mass is 16.3. The maximum Gasteiger partial charge on any atom is 0.336 e. The minimum absolute atomic E-state index is 0.123. The number of carbonyl (C=O) groups excluding carboxylic acids is 2. The van der Waals surface area contributed by atoms with Gasteiger partial charge >= 0.3 is 5.69 Å². The molecule has 0 aliphatic carbocycles. The van der Waals surface area contributed by atoms with Crippen LogP contribution in [-0.4, -0.2) is 20.9 Å². The molecule has 190 valence electrons. The quantitative estimate of drug-likeness (QED) is 0.334. The average molecular weight is 509 g/mol. The number of hydrogen-bond acceptors (Lipinski definition) is 5. The molecule has 2 amide bonds.